The van der Waals surface area contributed by atoms with Gasteiger partial charge in [0.15, 0.2) is 5.82 Å². The van der Waals surface area contributed by atoms with Crippen molar-refractivity contribution in [3.63, 3.8) is 0 Å². The van der Waals surface area contributed by atoms with Crippen molar-refractivity contribution in [2.24, 2.45) is 11.3 Å². The van der Waals surface area contributed by atoms with Gasteiger partial charge < -0.3 is 14.5 Å². The van der Waals surface area contributed by atoms with Crippen LogP contribution in [-0.2, 0) is 4.74 Å². The van der Waals surface area contributed by atoms with Gasteiger partial charge in [-0.25, -0.2) is 0 Å². The van der Waals surface area contributed by atoms with E-state index in [1.165, 1.54) is 38.9 Å². The zero-order chi connectivity index (χ0) is 15.0. The van der Waals surface area contributed by atoms with E-state index in [9.17, 15) is 0 Å². The number of piperidine rings is 1. The first-order valence-corrected chi connectivity index (χ1v) is 8.61. The molecule has 0 radical (unpaired) electrons. The monoisotopic (exact) mass is 302 g/mol. The van der Waals surface area contributed by atoms with Crippen LogP contribution in [0, 0.1) is 18.3 Å². The van der Waals surface area contributed by atoms with Crippen molar-refractivity contribution in [3.05, 3.63) is 17.8 Å². The number of fused-ring (bicyclic) bond motifs is 1. The molecular formula is C17H26N4O. The molecule has 120 valence electrons. The Morgan fingerprint density at radius 1 is 1.23 bits per heavy atom. The van der Waals surface area contributed by atoms with Crippen LogP contribution >= 0.6 is 0 Å². The summed E-state index contributed by atoms with van der Waals surface area (Å²) in [5.74, 6) is 1.66. The Morgan fingerprint density at radius 2 is 2.09 bits per heavy atom. The Hall–Kier alpha value is -1.20. The number of hydrogen-bond acceptors (Lipinski definition) is 5. The number of rotatable bonds is 3. The maximum Gasteiger partial charge on any atom is 0.151 e. The third kappa shape index (κ3) is 2.61. The lowest BCUT2D eigenvalue weighted by molar-refractivity contribution is 0.104. The molecule has 22 heavy (non-hydrogen) atoms. The summed E-state index contributed by atoms with van der Waals surface area (Å²) in [7, 11) is 0. The van der Waals surface area contributed by atoms with Crippen LogP contribution in [0.3, 0.4) is 0 Å². The third-order valence-corrected chi connectivity index (χ3v) is 5.62. The number of aryl methyl sites for hydroxylation is 1. The van der Waals surface area contributed by atoms with E-state index in [0.29, 0.717) is 11.3 Å². The highest BCUT2D eigenvalue weighted by atomic mass is 16.5. The molecule has 5 nitrogen and oxygen atoms in total. The van der Waals surface area contributed by atoms with Gasteiger partial charge in [0.1, 0.15) is 0 Å². The van der Waals surface area contributed by atoms with E-state index >= 15 is 0 Å². The summed E-state index contributed by atoms with van der Waals surface area (Å²) in [5.41, 5.74) is 1.28. The summed E-state index contributed by atoms with van der Waals surface area (Å²) in [6, 6.07) is 4.17. The first-order valence-electron chi connectivity index (χ1n) is 8.61. The van der Waals surface area contributed by atoms with Gasteiger partial charge in [-0.2, -0.15) is 5.10 Å². The number of anilines is 1. The quantitative estimate of drug-likeness (QED) is 0.850. The highest BCUT2D eigenvalue weighted by Gasteiger charge is 2.51. The van der Waals surface area contributed by atoms with Crippen molar-refractivity contribution in [1.82, 2.24) is 15.1 Å². The van der Waals surface area contributed by atoms with Gasteiger partial charge in [0, 0.05) is 31.0 Å². The summed E-state index contributed by atoms with van der Waals surface area (Å²) in [5, 5.41) is 8.61. The van der Waals surface area contributed by atoms with Crippen LogP contribution in [0.5, 0.6) is 0 Å². The van der Waals surface area contributed by atoms with E-state index in [4.69, 9.17) is 4.74 Å². The van der Waals surface area contributed by atoms with Crippen LogP contribution < -0.4 is 4.90 Å². The highest BCUT2D eigenvalue weighted by molar-refractivity contribution is 5.40. The molecule has 0 aromatic carbocycles. The molecule has 0 saturated carbocycles. The Balaban J connectivity index is 1.50. The average Bonchev–Trinajstić information content (AvgIpc) is 3.05. The molecule has 0 spiro atoms. The predicted octanol–water partition coefficient (Wildman–Crippen LogP) is 1.72. The first-order chi connectivity index (χ1) is 10.8. The van der Waals surface area contributed by atoms with Crippen molar-refractivity contribution in [2.75, 3.05) is 50.8 Å². The first kappa shape index (κ1) is 14.4. The second-order valence-electron chi connectivity index (χ2n) is 7.32. The number of likely N-dealkylation sites (tertiary alicyclic amines) is 1. The Kier molecular flexibility index (Phi) is 3.78. The fourth-order valence-corrected chi connectivity index (χ4v) is 4.35. The molecule has 3 fully saturated rings. The fourth-order valence-electron chi connectivity index (χ4n) is 4.35. The molecule has 0 bridgehead atoms. The van der Waals surface area contributed by atoms with E-state index < -0.39 is 0 Å². The van der Waals surface area contributed by atoms with Crippen molar-refractivity contribution in [1.29, 1.82) is 0 Å². The molecule has 4 rings (SSSR count). The van der Waals surface area contributed by atoms with E-state index in [-0.39, 0.29) is 0 Å². The lowest BCUT2D eigenvalue weighted by atomic mass is 9.80. The Morgan fingerprint density at radius 3 is 2.86 bits per heavy atom. The highest BCUT2D eigenvalue weighted by Crippen LogP contribution is 2.43. The summed E-state index contributed by atoms with van der Waals surface area (Å²) >= 11 is 0. The van der Waals surface area contributed by atoms with E-state index in [1.807, 2.05) is 6.92 Å². The minimum Gasteiger partial charge on any atom is -0.380 e. The van der Waals surface area contributed by atoms with Crippen molar-refractivity contribution in [3.8, 4) is 0 Å². The minimum absolute atomic E-state index is 0.296. The smallest absolute Gasteiger partial charge is 0.151 e. The van der Waals surface area contributed by atoms with Gasteiger partial charge in [-0.1, -0.05) is 6.42 Å². The maximum atomic E-state index is 5.87. The van der Waals surface area contributed by atoms with Gasteiger partial charge in [-0.3, -0.25) is 0 Å². The van der Waals surface area contributed by atoms with Gasteiger partial charge in [0.25, 0.3) is 0 Å². The van der Waals surface area contributed by atoms with Crippen LogP contribution in [0.4, 0.5) is 5.82 Å². The zero-order valence-corrected chi connectivity index (χ0v) is 13.5. The second-order valence-corrected chi connectivity index (χ2v) is 7.32. The van der Waals surface area contributed by atoms with Gasteiger partial charge in [-0.15, -0.1) is 5.10 Å². The Bertz CT molecular complexity index is 514. The molecule has 0 amide bonds. The zero-order valence-electron chi connectivity index (χ0n) is 13.5. The van der Waals surface area contributed by atoms with Crippen LogP contribution in [-0.4, -0.2) is 61.0 Å². The lowest BCUT2D eigenvalue weighted by Gasteiger charge is -2.36. The molecule has 5 heteroatoms. The van der Waals surface area contributed by atoms with Crippen molar-refractivity contribution >= 4 is 5.82 Å². The molecule has 0 aliphatic carbocycles. The maximum absolute atomic E-state index is 5.87. The van der Waals surface area contributed by atoms with Crippen molar-refractivity contribution < 1.29 is 4.74 Å². The standard InChI is InChI=1S/C17H26N4O/c1-14-5-6-16(19-18-14)21-9-15-10-22-13-17(15,12-21)11-20-7-3-2-4-8-20/h5-6,15H,2-4,7-13H2,1H3/t15-,17+/m1/s1. The van der Waals surface area contributed by atoms with Gasteiger partial charge in [0.05, 0.1) is 18.9 Å². The number of aromatic nitrogens is 2. The SMILES string of the molecule is Cc1ccc(N2C[C@@H]3COC[C@]3(CN3CCCCC3)C2)nn1. The van der Waals surface area contributed by atoms with Gasteiger partial charge in [0.2, 0.25) is 0 Å². The van der Waals surface area contributed by atoms with Crippen molar-refractivity contribution in [2.45, 2.75) is 26.2 Å². The number of nitrogens with zero attached hydrogens (tertiary/aromatic N) is 4. The average molecular weight is 302 g/mol. The second kappa shape index (κ2) is 5.78. The van der Waals surface area contributed by atoms with E-state index in [0.717, 1.165) is 37.8 Å². The number of hydrogen-bond donors (Lipinski definition) is 0. The summed E-state index contributed by atoms with van der Waals surface area (Å²) in [6.07, 6.45) is 4.11. The summed E-state index contributed by atoms with van der Waals surface area (Å²) in [6.45, 7) is 9.64. The molecule has 3 aliphatic rings. The predicted molar refractivity (Wildman–Crippen MR) is 86.0 cm³/mol. The topological polar surface area (TPSA) is 41.5 Å². The lowest BCUT2D eigenvalue weighted by Crippen LogP contribution is -2.45. The van der Waals surface area contributed by atoms with Gasteiger partial charge in [-0.05, 0) is 45.0 Å². The van der Waals surface area contributed by atoms with Crippen LogP contribution in [0.25, 0.3) is 0 Å². The molecule has 2 atom stereocenters. The third-order valence-electron chi connectivity index (χ3n) is 5.62. The molecule has 1 aromatic heterocycles. The van der Waals surface area contributed by atoms with Crippen LogP contribution in [0.1, 0.15) is 25.0 Å². The molecular weight excluding hydrogens is 276 g/mol. The molecule has 3 saturated heterocycles. The van der Waals surface area contributed by atoms with Gasteiger partial charge >= 0.3 is 0 Å². The Labute approximate surface area is 132 Å². The largest absolute Gasteiger partial charge is 0.380 e. The van der Waals surface area contributed by atoms with E-state index in [1.54, 1.807) is 0 Å². The van der Waals surface area contributed by atoms with E-state index in [2.05, 4.69) is 32.1 Å². The molecule has 1 aromatic rings. The molecule has 4 heterocycles. The summed E-state index contributed by atoms with van der Waals surface area (Å²) < 4.78 is 5.87. The fraction of sp³-hybridized carbons (Fsp3) is 0.765. The minimum atomic E-state index is 0.296. The molecule has 0 unspecified atom stereocenters. The molecule has 0 N–H and O–H groups in total. The normalized spacial score (nSPS) is 32.4. The molecule has 3 aliphatic heterocycles. The number of ether oxygens (including phenoxy) is 1. The van der Waals surface area contributed by atoms with Crippen LogP contribution in [0.2, 0.25) is 0 Å². The van der Waals surface area contributed by atoms with Crippen LogP contribution in [0.15, 0.2) is 12.1 Å². The summed E-state index contributed by atoms with van der Waals surface area (Å²) in [4.78, 5) is 5.08.